The summed E-state index contributed by atoms with van der Waals surface area (Å²) in [5.41, 5.74) is 6.35. The standard InChI is InChI=1S/C16H22N6O2/c17-16(24)14-10-13(19-20-14)12-4-1-7-21(11-12)15(23)5-2-8-22-9-3-6-18-22/h3,6,9-10,12H,1-2,4-5,7-8,11H2,(H2,17,24)(H,19,20)/t12-/m1/s1. The lowest BCUT2D eigenvalue weighted by Crippen LogP contribution is -2.39. The van der Waals surface area contributed by atoms with Crippen molar-refractivity contribution < 1.29 is 9.59 Å². The van der Waals surface area contributed by atoms with Crippen LogP contribution in [0.4, 0.5) is 0 Å². The third-order valence-corrected chi connectivity index (χ3v) is 4.40. The van der Waals surface area contributed by atoms with Gasteiger partial charge in [0.2, 0.25) is 5.91 Å². The molecule has 3 heterocycles. The van der Waals surface area contributed by atoms with Crippen LogP contribution in [-0.2, 0) is 11.3 Å². The molecule has 0 saturated carbocycles. The van der Waals surface area contributed by atoms with Crippen molar-refractivity contribution in [3.63, 3.8) is 0 Å². The Labute approximate surface area is 140 Å². The molecule has 2 aromatic rings. The summed E-state index contributed by atoms with van der Waals surface area (Å²) in [4.78, 5) is 25.5. The quantitative estimate of drug-likeness (QED) is 0.819. The number of primary amides is 1. The van der Waals surface area contributed by atoms with Crippen LogP contribution in [0.5, 0.6) is 0 Å². The Morgan fingerprint density at radius 2 is 2.29 bits per heavy atom. The summed E-state index contributed by atoms with van der Waals surface area (Å²) in [6.45, 7) is 2.19. The second-order valence-electron chi connectivity index (χ2n) is 6.12. The van der Waals surface area contributed by atoms with E-state index < -0.39 is 5.91 Å². The van der Waals surface area contributed by atoms with Crippen molar-refractivity contribution in [1.29, 1.82) is 0 Å². The molecule has 3 N–H and O–H groups in total. The van der Waals surface area contributed by atoms with E-state index in [1.165, 1.54) is 0 Å². The van der Waals surface area contributed by atoms with Gasteiger partial charge in [-0.25, -0.2) is 0 Å². The minimum Gasteiger partial charge on any atom is -0.364 e. The van der Waals surface area contributed by atoms with Gasteiger partial charge in [-0.15, -0.1) is 0 Å². The molecule has 8 heteroatoms. The van der Waals surface area contributed by atoms with Crippen LogP contribution in [0.25, 0.3) is 0 Å². The maximum atomic E-state index is 12.4. The topological polar surface area (TPSA) is 110 Å². The normalized spacial score (nSPS) is 17.8. The van der Waals surface area contributed by atoms with E-state index in [4.69, 9.17) is 5.73 Å². The van der Waals surface area contributed by atoms with E-state index in [1.807, 2.05) is 21.8 Å². The second-order valence-corrected chi connectivity index (χ2v) is 6.12. The predicted molar refractivity (Wildman–Crippen MR) is 87.1 cm³/mol. The number of aryl methyl sites for hydroxylation is 1. The molecular formula is C16H22N6O2. The van der Waals surface area contributed by atoms with Crippen LogP contribution in [0.3, 0.4) is 0 Å². The lowest BCUT2D eigenvalue weighted by Gasteiger charge is -2.32. The minimum atomic E-state index is -0.542. The fraction of sp³-hybridized carbons (Fsp3) is 0.500. The van der Waals surface area contributed by atoms with E-state index in [9.17, 15) is 9.59 Å². The molecule has 0 spiro atoms. The molecule has 3 rings (SSSR count). The second kappa shape index (κ2) is 7.29. The van der Waals surface area contributed by atoms with E-state index in [-0.39, 0.29) is 17.5 Å². The van der Waals surface area contributed by atoms with Gasteiger partial charge in [-0.3, -0.25) is 19.4 Å². The first-order valence-electron chi connectivity index (χ1n) is 8.24. The predicted octanol–water partition coefficient (Wildman–Crippen LogP) is 0.891. The van der Waals surface area contributed by atoms with E-state index in [1.54, 1.807) is 12.3 Å². The number of carbonyl (C=O) groups excluding carboxylic acids is 2. The van der Waals surface area contributed by atoms with Crippen LogP contribution in [0, 0.1) is 0 Å². The molecule has 1 atom stereocenters. The summed E-state index contributed by atoms with van der Waals surface area (Å²) < 4.78 is 1.84. The van der Waals surface area contributed by atoms with Crippen molar-refractivity contribution in [2.24, 2.45) is 5.73 Å². The van der Waals surface area contributed by atoms with Crippen LogP contribution in [0.1, 0.15) is 47.8 Å². The van der Waals surface area contributed by atoms with Gasteiger partial charge in [0.15, 0.2) is 0 Å². The lowest BCUT2D eigenvalue weighted by molar-refractivity contribution is -0.132. The van der Waals surface area contributed by atoms with Crippen molar-refractivity contribution in [2.45, 2.75) is 38.1 Å². The Morgan fingerprint density at radius 3 is 3.00 bits per heavy atom. The fourth-order valence-corrected chi connectivity index (χ4v) is 3.11. The Morgan fingerprint density at radius 1 is 1.42 bits per heavy atom. The molecule has 0 bridgehead atoms. The Bertz CT molecular complexity index is 693. The summed E-state index contributed by atoms with van der Waals surface area (Å²) in [5.74, 6) is -0.198. The highest BCUT2D eigenvalue weighted by Crippen LogP contribution is 2.26. The molecule has 1 aliphatic rings. The number of nitrogens with one attached hydrogen (secondary N) is 1. The molecule has 128 valence electrons. The first-order valence-corrected chi connectivity index (χ1v) is 8.24. The average molecular weight is 330 g/mol. The van der Waals surface area contributed by atoms with E-state index >= 15 is 0 Å². The average Bonchev–Trinajstić information content (AvgIpc) is 3.26. The van der Waals surface area contributed by atoms with Gasteiger partial charge in [0, 0.05) is 50.1 Å². The number of aromatic nitrogens is 4. The van der Waals surface area contributed by atoms with Crippen molar-refractivity contribution in [2.75, 3.05) is 13.1 Å². The van der Waals surface area contributed by atoms with Gasteiger partial charge in [0.25, 0.3) is 5.91 Å². The molecule has 1 aliphatic heterocycles. The third-order valence-electron chi connectivity index (χ3n) is 4.40. The first kappa shape index (κ1) is 16.2. The smallest absolute Gasteiger partial charge is 0.269 e. The van der Waals surface area contributed by atoms with Crippen LogP contribution < -0.4 is 5.73 Å². The summed E-state index contributed by atoms with van der Waals surface area (Å²) in [6, 6.07) is 3.57. The highest BCUT2D eigenvalue weighted by Gasteiger charge is 2.26. The number of likely N-dealkylation sites (tertiary alicyclic amines) is 1. The Kier molecular flexibility index (Phi) is 4.93. The highest BCUT2D eigenvalue weighted by atomic mass is 16.2. The molecule has 1 saturated heterocycles. The van der Waals surface area contributed by atoms with E-state index in [2.05, 4.69) is 15.3 Å². The molecule has 2 aromatic heterocycles. The summed E-state index contributed by atoms with van der Waals surface area (Å²) >= 11 is 0. The molecule has 0 radical (unpaired) electrons. The summed E-state index contributed by atoms with van der Waals surface area (Å²) in [5, 5.41) is 10.9. The monoisotopic (exact) mass is 330 g/mol. The molecular weight excluding hydrogens is 308 g/mol. The maximum absolute atomic E-state index is 12.4. The van der Waals surface area contributed by atoms with E-state index in [0.717, 1.165) is 38.0 Å². The van der Waals surface area contributed by atoms with Gasteiger partial charge in [-0.2, -0.15) is 10.2 Å². The molecule has 2 amide bonds. The zero-order valence-electron chi connectivity index (χ0n) is 13.5. The molecule has 0 unspecified atom stereocenters. The van der Waals surface area contributed by atoms with Gasteiger partial charge in [-0.1, -0.05) is 0 Å². The van der Waals surface area contributed by atoms with Crippen molar-refractivity contribution in [1.82, 2.24) is 24.9 Å². The van der Waals surface area contributed by atoms with Gasteiger partial charge in [-0.05, 0) is 31.4 Å². The molecule has 0 aliphatic carbocycles. The summed E-state index contributed by atoms with van der Waals surface area (Å²) in [6.07, 6.45) is 6.84. The number of piperidine rings is 1. The number of amides is 2. The van der Waals surface area contributed by atoms with E-state index in [0.29, 0.717) is 13.0 Å². The first-order chi connectivity index (χ1) is 11.6. The van der Waals surface area contributed by atoms with Crippen molar-refractivity contribution >= 4 is 11.8 Å². The van der Waals surface area contributed by atoms with Crippen LogP contribution in [-0.4, -0.2) is 49.8 Å². The zero-order chi connectivity index (χ0) is 16.9. The number of hydrogen-bond donors (Lipinski definition) is 2. The number of aromatic amines is 1. The molecule has 24 heavy (non-hydrogen) atoms. The Balaban J connectivity index is 1.52. The lowest BCUT2D eigenvalue weighted by atomic mass is 9.94. The van der Waals surface area contributed by atoms with Gasteiger partial charge in [0.05, 0.1) is 0 Å². The van der Waals surface area contributed by atoms with Crippen molar-refractivity contribution in [3.05, 3.63) is 35.9 Å². The Hall–Kier alpha value is -2.64. The third kappa shape index (κ3) is 3.81. The SMILES string of the molecule is NC(=O)c1cc([C@@H]2CCCN(C(=O)CCCn3cccn3)C2)[nH]n1. The number of H-pyrrole nitrogens is 1. The van der Waals surface area contributed by atoms with Gasteiger partial charge in [0.1, 0.15) is 5.69 Å². The van der Waals surface area contributed by atoms with Crippen LogP contribution in [0.2, 0.25) is 0 Å². The fourth-order valence-electron chi connectivity index (χ4n) is 3.11. The molecule has 0 aromatic carbocycles. The highest BCUT2D eigenvalue weighted by molar-refractivity contribution is 5.90. The molecule has 1 fully saturated rings. The minimum absolute atomic E-state index is 0.168. The zero-order valence-corrected chi connectivity index (χ0v) is 13.5. The number of rotatable bonds is 6. The van der Waals surface area contributed by atoms with Gasteiger partial charge >= 0.3 is 0 Å². The number of carbonyl (C=O) groups is 2. The summed E-state index contributed by atoms with van der Waals surface area (Å²) in [7, 11) is 0. The largest absolute Gasteiger partial charge is 0.364 e. The number of nitrogens with two attached hydrogens (primary N) is 1. The number of hydrogen-bond acceptors (Lipinski definition) is 4. The molecule has 8 nitrogen and oxygen atoms in total. The van der Waals surface area contributed by atoms with Crippen molar-refractivity contribution in [3.8, 4) is 0 Å². The van der Waals surface area contributed by atoms with Gasteiger partial charge < -0.3 is 10.6 Å². The number of nitrogens with zero attached hydrogens (tertiary/aromatic N) is 4. The van der Waals surface area contributed by atoms with Crippen LogP contribution >= 0.6 is 0 Å². The maximum Gasteiger partial charge on any atom is 0.269 e. The van der Waals surface area contributed by atoms with Crippen LogP contribution in [0.15, 0.2) is 24.5 Å².